The fraction of sp³-hybridized carbons (Fsp3) is 0.321. The van der Waals surface area contributed by atoms with E-state index in [0.717, 1.165) is 16.7 Å². The molecule has 0 aliphatic heterocycles. The van der Waals surface area contributed by atoms with E-state index >= 15 is 0 Å². The Balaban J connectivity index is 1.49. The molecule has 0 unspecified atom stereocenters. The standard InChI is InChI=1S/C28H33NO7/c30-14-16-33-18-17-32-15-13-29-28(31)36-22-25-11-12-26(34-20-23-7-3-1-4-8-23)27(19-25)35-21-24-9-5-2-6-10-24/h1-12,19,30H,13-18,20-22H2,(H,29,31). The Bertz CT molecular complexity index is 1010. The van der Waals surface area contributed by atoms with Crippen molar-refractivity contribution in [2.45, 2.75) is 19.8 Å². The van der Waals surface area contributed by atoms with Gasteiger partial charge in [0.2, 0.25) is 0 Å². The van der Waals surface area contributed by atoms with Gasteiger partial charge in [0.25, 0.3) is 0 Å². The molecule has 3 aromatic carbocycles. The summed E-state index contributed by atoms with van der Waals surface area (Å²) < 4.78 is 27.8. The molecule has 0 bridgehead atoms. The number of nitrogens with one attached hydrogen (secondary N) is 1. The van der Waals surface area contributed by atoms with E-state index in [1.807, 2.05) is 78.9 Å². The summed E-state index contributed by atoms with van der Waals surface area (Å²) >= 11 is 0. The lowest BCUT2D eigenvalue weighted by Gasteiger charge is -2.15. The third-order valence-electron chi connectivity index (χ3n) is 4.98. The Morgan fingerprint density at radius 3 is 1.92 bits per heavy atom. The number of carbonyl (C=O) groups excluding carboxylic acids is 1. The summed E-state index contributed by atoms with van der Waals surface area (Å²) in [6, 6.07) is 25.3. The summed E-state index contributed by atoms with van der Waals surface area (Å²) in [4.78, 5) is 12.0. The minimum atomic E-state index is -0.536. The number of alkyl carbamates (subject to hydrolysis) is 1. The lowest BCUT2D eigenvalue weighted by molar-refractivity contribution is 0.0337. The first-order valence-electron chi connectivity index (χ1n) is 11.9. The quantitative estimate of drug-likeness (QED) is 0.289. The van der Waals surface area contributed by atoms with Gasteiger partial charge >= 0.3 is 6.09 Å². The monoisotopic (exact) mass is 495 g/mol. The minimum absolute atomic E-state index is 0.0164. The van der Waals surface area contributed by atoms with E-state index in [0.29, 0.717) is 51.1 Å². The second kappa shape index (κ2) is 16.1. The van der Waals surface area contributed by atoms with Crippen LogP contribution in [0.15, 0.2) is 78.9 Å². The Hall–Kier alpha value is -3.59. The predicted octanol–water partition coefficient (Wildman–Crippen LogP) is 4.10. The smallest absolute Gasteiger partial charge is 0.407 e. The molecule has 0 aromatic heterocycles. The Morgan fingerprint density at radius 1 is 0.667 bits per heavy atom. The summed E-state index contributed by atoms with van der Waals surface area (Å²) in [5, 5.41) is 11.3. The zero-order valence-electron chi connectivity index (χ0n) is 20.3. The molecule has 0 atom stereocenters. The van der Waals surface area contributed by atoms with Crippen LogP contribution in [0.1, 0.15) is 16.7 Å². The van der Waals surface area contributed by atoms with Crippen LogP contribution in [0.25, 0.3) is 0 Å². The van der Waals surface area contributed by atoms with Crippen molar-refractivity contribution in [3.05, 3.63) is 95.6 Å². The lowest BCUT2D eigenvalue weighted by atomic mass is 10.2. The molecule has 2 N–H and O–H groups in total. The van der Waals surface area contributed by atoms with Crippen LogP contribution in [0.5, 0.6) is 11.5 Å². The van der Waals surface area contributed by atoms with Gasteiger partial charge in [-0.1, -0.05) is 66.7 Å². The van der Waals surface area contributed by atoms with Gasteiger partial charge in [-0.15, -0.1) is 0 Å². The Labute approximate surface area is 211 Å². The summed E-state index contributed by atoms with van der Waals surface area (Å²) in [7, 11) is 0. The van der Waals surface area contributed by atoms with Gasteiger partial charge in [0.15, 0.2) is 11.5 Å². The van der Waals surface area contributed by atoms with E-state index in [4.69, 9.17) is 28.8 Å². The molecule has 8 heteroatoms. The van der Waals surface area contributed by atoms with Gasteiger partial charge in [-0.3, -0.25) is 0 Å². The Kier molecular flexibility index (Phi) is 12.1. The molecule has 8 nitrogen and oxygen atoms in total. The van der Waals surface area contributed by atoms with Gasteiger partial charge in [0.05, 0.1) is 33.0 Å². The van der Waals surface area contributed by atoms with Crippen LogP contribution in [0.4, 0.5) is 4.79 Å². The Morgan fingerprint density at radius 2 is 1.28 bits per heavy atom. The second-order valence-corrected chi connectivity index (χ2v) is 7.78. The van der Waals surface area contributed by atoms with E-state index in [-0.39, 0.29) is 19.8 Å². The van der Waals surface area contributed by atoms with Gasteiger partial charge in [0.1, 0.15) is 19.8 Å². The number of aliphatic hydroxyl groups is 1. The summed E-state index contributed by atoms with van der Waals surface area (Å²) in [5.74, 6) is 1.19. The highest BCUT2D eigenvalue weighted by atomic mass is 16.6. The molecule has 0 heterocycles. The van der Waals surface area contributed by atoms with Gasteiger partial charge in [-0.25, -0.2) is 4.79 Å². The molecule has 0 saturated heterocycles. The van der Waals surface area contributed by atoms with E-state index in [9.17, 15) is 4.79 Å². The van der Waals surface area contributed by atoms with Crippen molar-refractivity contribution in [1.82, 2.24) is 5.32 Å². The zero-order valence-corrected chi connectivity index (χ0v) is 20.3. The first-order valence-corrected chi connectivity index (χ1v) is 11.9. The summed E-state index contributed by atoms with van der Waals surface area (Å²) in [5.41, 5.74) is 2.87. The van der Waals surface area contributed by atoms with Gasteiger partial charge < -0.3 is 34.1 Å². The van der Waals surface area contributed by atoms with Gasteiger partial charge in [-0.05, 0) is 28.8 Å². The van der Waals surface area contributed by atoms with E-state index < -0.39 is 6.09 Å². The maximum atomic E-state index is 12.0. The normalized spacial score (nSPS) is 10.6. The van der Waals surface area contributed by atoms with Crippen molar-refractivity contribution in [3.63, 3.8) is 0 Å². The van der Waals surface area contributed by atoms with Crippen LogP contribution in [0.3, 0.4) is 0 Å². The van der Waals surface area contributed by atoms with Crippen LogP contribution < -0.4 is 14.8 Å². The highest BCUT2D eigenvalue weighted by molar-refractivity contribution is 5.67. The predicted molar refractivity (Wildman–Crippen MR) is 135 cm³/mol. The molecule has 0 aliphatic rings. The van der Waals surface area contributed by atoms with Crippen LogP contribution in [0, 0.1) is 0 Å². The number of amides is 1. The fourth-order valence-corrected chi connectivity index (χ4v) is 3.16. The topological polar surface area (TPSA) is 95.5 Å². The van der Waals surface area contributed by atoms with Crippen molar-refractivity contribution in [1.29, 1.82) is 0 Å². The van der Waals surface area contributed by atoms with E-state index in [1.165, 1.54) is 0 Å². The number of rotatable bonds is 16. The van der Waals surface area contributed by atoms with Crippen LogP contribution in [-0.2, 0) is 34.0 Å². The number of ether oxygens (including phenoxy) is 5. The second-order valence-electron chi connectivity index (χ2n) is 7.78. The average molecular weight is 496 g/mol. The van der Waals surface area contributed by atoms with Crippen molar-refractivity contribution in [3.8, 4) is 11.5 Å². The first kappa shape index (κ1) is 27.0. The maximum Gasteiger partial charge on any atom is 0.407 e. The van der Waals surface area contributed by atoms with Crippen molar-refractivity contribution < 1.29 is 33.6 Å². The number of hydrogen-bond acceptors (Lipinski definition) is 7. The number of benzene rings is 3. The van der Waals surface area contributed by atoms with E-state index in [2.05, 4.69) is 5.32 Å². The molecule has 0 saturated carbocycles. The molecule has 1 amide bonds. The zero-order chi connectivity index (χ0) is 25.3. The van der Waals surface area contributed by atoms with Crippen LogP contribution in [0.2, 0.25) is 0 Å². The first-order chi connectivity index (χ1) is 17.7. The largest absolute Gasteiger partial charge is 0.485 e. The number of aliphatic hydroxyl groups excluding tert-OH is 1. The molecule has 0 aliphatic carbocycles. The fourth-order valence-electron chi connectivity index (χ4n) is 3.16. The van der Waals surface area contributed by atoms with Crippen molar-refractivity contribution in [2.24, 2.45) is 0 Å². The number of carbonyl (C=O) groups is 1. The summed E-state index contributed by atoms with van der Waals surface area (Å²) in [6.07, 6.45) is -0.536. The molecule has 36 heavy (non-hydrogen) atoms. The minimum Gasteiger partial charge on any atom is -0.485 e. The molecule has 0 fully saturated rings. The third-order valence-corrected chi connectivity index (χ3v) is 4.98. The van der Waals surface area contributed by atoms with Gasteiger partial charge in [0, 0.05) is 6.54 Å². The average Bonchev–Trinajstić information content (AvgIpc) is 2.92. The third kappa shape index (κ3) is 10.4. The number of hydrogen-bond donors (Lipinski definition) is 2. The lowest BCUT2D eigenvalue weighted by Crippen LogP contribution is -2.28. The van der Waals surface area contributed by atoms with Crippen LogP contribution in [-0.4, -0.2) is 50.8 Å². The van der Waals surface area contributed by atoms with Crippen LogP contribution >= 0.6 is 0 Å². The van der Waals surface area contributed by atoms with E-state index in [1.54, 1.807) is 0 Å². The van der Waals surface area contributed by atoms with Gasteiger partial charge in [-0.2, -0.15) is 0 Å². The molecule has 3 rings (SSSR count). The molecule has 192 valence electrons. The molecular formula is C28H33NO7. The van der Waals surface area contributed by atoms with Crippen molar-refractivity contribution in [2.75, 3.05) is 39.6 Å². The molecule has 0 radical (unpaired) electrons. The molecular weight excluding hydrogens is 462 g/mol. The molecule has 0 spiro atoms. The van der Waals surface area contributed by atoms with Crippen molar-refractivity contribution >= 4 is 6.09 Å². The highest BCUT2D eigenvalue weighted by Crippen LogP contribution is 2.30. The highest BCUT2D eigenvalue weighted by Gasteiger charge is 2.10. The molecule has 3 aromatic rings. The maximum absolute atomic E-state index is 12.0. The summed E-state index contributed by atoms with van der Waals surface area (Å²) in [6.45, 7) is 2.59. The SMILES string of the molecule is O=C(NCCOCCOCCO)OCc1ccc(OCc2ccccc2)c(OCc2ccccc2)c1.